The minimum atomic E-state index is -0.331. The highest BCUT2D eigenvalue weighted by molar-refractivity contribution is 14.1. The summed E-state index contributed by atoms with van der Waals surface area (Å²) in [5.41, 5.74) is 0.609. The van der Waals surface area contributed by atoms with Crippen molar-refractivity contribution in [3.63, 3.8) is 0 Å². The molecule has 0 aliphatic rings. The first kappa shape index (κ1) is 16.9. The number of carbonyl (C=O) groups excluding carboxylic acids is 2. The Bertz CT molecular complexity index is 464. The van der Waals surface area contributed by atoms with Gasteiger partial charge in [0.25, 0.3) is 5.91 Å². The van der Waals surface area contributed by atoms with Crippen LogP contribution in [-0.4, -0.2) is 50.7 Å². The molecule has 0 unspecified atom stereocenters. The molecule has 5 nitrogen and oxygen atoms in total. The molecule has 0 saturated heterocycles. The van der Waals surface area contributed by atoms with Gasteiger partial charge in [-0.2, -0.15) is 0 Å². The zero-order valence-electron chi connectivity index (χ0n) is 11.6. The molecule has 0 bridgehead atoms. The highest BCUT2D eigenvalue weighted by Crippen LogP contribution is 2.11. The van der Waals surface area contributed by atoms with E-state index in [-0.39, 0.29) is 18.3 Å². The van der Waals surface area contributed by atoms with E-state index in [4.69, 9.17) is 4.74 Å². The third kappa shape index (κ3) is 5.46. The minimum absolute atomic E-state index is 0.107. The third-order valence-corrected chi connectivity index (χ3v) is 3.41. The molecular weight excluding hydrogens is 373 g/mol. The predicted molar refractivity (Wildman–Crippen MR) is 83.6 cm³/mol. The molecule has 20 heavy (non-hydrogen) atoms. The van der Waals surface area contributed by atoms with E-state index in [1.54, 1.807) is 18.1 Å². The first-order valence-electron chi connectivity index (χ1n) is 6.19. The lowest BCUT2D eigenvalue weighted by molar-refractivity contribution is -0.140. The Morgan fingerprint density at radius 2 is 2.00 bits per heavy atom. The Labute approximate surface area is 132 Å². The van der Waals surface area contributed by atoms with E-state index in [9.17, 15) is 9.59 Å². The standard InChI is InChI=1S/C14H18INO4/c1-19-9-8-16(7-6-13(17)20-2)14(18)11-4-3-5-12(15)10-11/h3-5,10H,6-9H2,1-2H3. The zero-order valence-corrected chi connectivity index (χ0v) is 13.8. The Hall–Kier alpha value is -1.15. The van der Waals surface area contributed by atoms with E-state index in [0.29, 0.717) is 25.3 Å². The maximum atomic E-state index is 12.4. The van der Waals surface area contributed by atoms with Crippen molar-refractivity contribution in [3.8, 4) is 0 Å². The molecule has 0 spiro atoms. The number of benzene rings is 1. The molecule has 0 aromatic heterocycles. The Morgan fingerprint density at radius 3 is 2.60 bits per heavy atom. The summed E-state index contributed by atoms with van der Waals surface area (Å²) in [6, 6.07) is 7.35. The fourth-order valence-corrected chi connectivity index (χ4v) is 2.19. The molecular formula is C14H18INO4. The number of esters is 1. The van der Waals surface area contributed by atoms with Gasteiger partial charge in [0.15, 0.2) is 0 Å². The Kier molecular flexibility index (Phi) is 7.53. The molecule has 1 aromatic carbocycles. The molecule has 0 radical (unpaired) electrons. The van der Waals surface area contributed by atoms with Gasteiger partial charge in [-0.25, -0.2) is 0 Å². The molecule has 110 valence electrons. The van der Waals surface area contributed by atoms with Gasteiger partial charge in [-0.05, 0) is 40.8 Å². The largest absolute Gasteiger partial charge is 0.469 e. The van der Waals surface area contributed by atoms with Gasteiger partial charge in [0.05, 0.1) is 20.1 Å². The number of rotatable bonds is 7. The average Bonchev–Trinajstić information content (AvgIpc) is 2.46. The molecule has 1 aromatic rings. The van der Waals surface area contributed by atoms with E-state index in [2.05, 4.69) is 27.3 Å². The van der Waals surface area contributed by atoms with Gasteiger partial charge in [-0.3, -0.25) is 9.59 Å². The van der Waals surface area contributed by atoms with Crippen molar-refractivity contribution in [2.24, 2.45) is 0 Å². The number of hydrogen-bond donors (Lipinski definition) is 0. The lowest BCUT2D eigenvalue weighted by Crippen LogP contribution is -2.35. The summed E-state index contributed by atoms with van der Waals surface area (Å²) < 4.78 is 10.6. The maximum absolute atomic E-state index is 12.4. The highest BCUT2D eigenvalue weighted by atomic mass is 127. The quantitative estimate of drug-likeness (QED) is 0.527. The smallest absolute Gasteiger partial charge is 0.307 e. The fourth-order valence-electron chi connectivity index (χ4n) is 1.65. The van der Waals surface area contributed by atoms with Crippen molar-refractivity contribution in [1.29, 1.82) is 0 Å². The first-order valence-corrected chi connectivity index (χ1v) is 7.27. The van der Waals surface area contributed by atoms with Gasteiger partial charge >= 0.3 is 5.97 Å². The van der Waals surface area contributed by atoms with Gasteiger partial charge in [0.1, 0.15) is 0 Å². The minimum Gasteiger partial charge on any atom is -0.469 e. The van der Waals surface area contributed by atoms with Crippen LogP contribution in [0.15, 0.2) is 24.3 Å². The normalized spacial score (nSPS) is 10.2. The Balaban J connectivity index is 2.75. The van der Waals surface area contributed by atoms with Gasteiger partial charge in [0, 0.05) is 29.3 Å². The summed E-state index contributed by atoms with van der Waals surface area (Å²) in [5, 5.41) is 0. The SMILES string of the molecule is COCCN(CCC(=O)OC)C(=O)c1cccc(I)c1. The van der Waals surface area contributed by atoms with Crippen LogP contribution in [-0.2, 0) is 14.3 Å². The number of nitrogens with zero attached hydrogens (tertiary/aromatic N) is 1. The molecule has 6 heteroatoms. The maximum Gasteiger partial charge on any atom is 0.307 e. The van der Waals surface area contributed by atoms with Crippen LogP contribution in [0.2, 0.25) is 0 Å². The van der Waals surface area contributed by atoms with E-state index < -0.39 is 0 Å². The molecule has 0 heterocycles. The molecule has 0 N–H and O–H groups in total. The molecule has 0 atom stereocenters. The second kappa shape index (κ2) is 8.91. The summed E-state index contributed by atoms with van der Waals surface area (Å²) in [5.74, 6) is -0.438. The monoisotopic (exact) mass is 391 g/mol. The van der Waals surface area contributed by atoms with E-state index in [1.807, 2.05) is 18.2 Å². The second-order valence-electron chi connectivity index (χ2n) is 4.12. The number of halogens is 1. The number of ether oxygens (including phenoxy) is 2. The lowest BCUT2D eigenvalue weighted by Gasteiger charge is -2.22. The summed E-state index contributed by atoms with van der Waals surface area (Å²) in [7, 11) is 2.91. The molecule has 1 amide bonds. The predicted octanol–water partition coefficient (Wildman–Crippen LogP) is 1.94. The third-order valence-electron chi connectivity index (χ3n) is 2.74. The molecule has 0 aliphatic carbocycles. The summed E-state index contributed by atoms with van der Waals surface area (Å²) >= 11 is 2.16. The molecule has 0 saturated carbocycles. The highest BCUT2D eigenvalue weighted by Gasteiger charge is 2.17. The topological polar surface area (TPSA) is 55.8 Å². The fraction of sp³-hybridized carbons (Fsp3) is 0.429. The van der Waals surface area contributed by atoms with Gasteiger partial charge in [-0.1, -0.05) is 6.07 Å². The van der Waals surface area contributed by atoms with E-state index in [1.165, 1.54) is 7.11 Å². The van der Waals surface area contributed by atoms with Crippen molar-refractivity contribution < 1.29 is 19.1 Å². The Morgan fingerprint density at radius 1 is 1.25 bits per heavy atom. The van der Waals surface area contributed by atoms with Crippen molar-refractivity contribution in [3.05, 3.63) is 33.4 Å². The van der Waals surface area contributed by atoms with Crippen LogP contribution < -0.4 is 0 Å². The molecule has 1 rings (SSSR count). The first-order chi connectivity index (χ1) is 9.58. The van der Waals surface area contributed by atoms with Crippen LogP contribution in [0.1, 0.15) is 16.8 Å². The van der Waals surface area contributed by atoms with Crippen molar-refractivity contribution >= 4 is 34.5 Å². The van der Waals surface area contributed by atoms with Crippen LogP contribution in [0.5, 0.6) is 0 Å². The second-order valence-corrected chi connectivity index (χ2v) is 5.37. The van der Waals surface area contributed by atoms with Crippen LogP contribution in [0.25, 0.3) is 0 Å². The summed E-state index contributed by atoms with van der Waals surface area (Å²) in [4.78, 5) is 25.2. The van der Waals surface area contributed by atoms with Crippen molar-refractivity contribution in [2.45, 2.75) is 6.42 Å². The molecule has 0 aliphatic heterocycles. The molecule has 0 fully saturated rings. The van der Waals surface area contributed by atoms with Gasteiger partial charge < -0.3 is 14.4 Å². The summed E-state index contributed by atoms with van der Waals surface area (Å²) in [6.07, 6.45) is 0.176. The van der Waals surface area contributed by atoms with Crippen molar-refractivity contribution in [1.82, 2.24) is 4.90 Å². The van der Waals surface area contributed by atoms with Crippen LogP contribution in [0.3, 0.4) is 0 Å². The van der Waals surface area contributed by atoms with Crippen molar-refractivity contribution in [2.75, 3.05) is 33.9 Å². The van der Waals surface area contributed by atoms with E-state index >= 15 is 0 Å². The zero-order chi connectivity index (χ0) is 15.0. The van der Waals surface area contributed by atoms with Crippen LogP contribution in [0.4, 0.5) is 0 Å². The van der Waals surface area contributed by atoms with Crippen LogP contribution in [0, 0.1) is 3.57 Å². The van der Waals surface area contributed by atoms with Gasteiger partial charge in [-0.15, -0.1) is 0 Å². The van der Waals surface area contributed by atoms with Crippen LogP contribution >= 0.6 is 22.6 Å². The number of methoxy groups -OCH3 is 2. The number of carbonyl (C=O) groups is 2. The van der Waals surface area contributed by atoms with E-state index in [0.717, 1.165) is 3.57 Å². The number of hydrogen-bond acceptors (Lipinski definition) is 4. The lowest BCUT2D eigenvalue weighted by atomic mass is 10.2. The summed E-state index contributed by atoms with van der Waals surface area (Å²) in [6.45, 7) is 1.19. The van der Waals surface area contributed by atoms with Gasteiger partial charge in [0.2, 0.25) is 0 Å². The average molecular weight is 391 g/mol. The number of amides is 1.